The molecule has 1 heterocycles. The number of rotatable bonds is 7. The molecule has 1 atom stereocenters. The number of para-hydroxylation sites is 1. The molecule has 0 N–H and O–H groups in total. The summed E-state index contributed by atoms with van der Waals surface area (Å²) in [4.78, 5) is 4.94. The molecule has 0 saturated carbocycles. The highest BCUT2D eigenvalue weighted by atomic mass is 16.5. The normalized spacial score (nSPS) is 18.6. The molecule has 0 bridgehead atoms. The van der Waals surface area contributed by atoms with Crippen LogP contribution >= 0.6 is 0 Å². The molecular weight excluding hydrogens is 260 g/mol. The average Bonchev–Trinajstić information content (AvgIpc) is 2.53. The first-order valence-corrected chi connectivity index (χ1v) is 8.33. The largest absolute Gasteiger partial charge is 0.493 e. The van der Waals surface area contributed by atoms with Gasteiger partial charge in [0.1, 0.15) is 5.75 Å². The fourth-order valence-corrected chi connectivity index (χ4v) is 2.78. The van der Waals surface area contributed by atoms with Crippen LogP contribution in [0.4, 0.5) is 0 Å². The molecule has 1 aliphatic heterocycles. The van der Waals surface area contributed by atoms with E-state index in [0.29, 0.717) is 5.92 Å². The van der Waals surface area contributed by atoms with Crippen molar-refractivity contribution in [2.45, 2.75) is 32.6 Å². The Kier molecular flexibility index (Phi) is 6.52. The van der Waals surface area contributed by atoms with E-state index in [-0.39, 0.29) is 0 Å². The number of ether oxygens (including phenoxy) is 1. The minimum Gasteiger partial charge on any atom is -0.493 e. The summed E-state index contributed by atoms with van der Waals surface area (Å²) in [7, 11) is 2.20. The monoisotopic (exact) mass is 290 g/mol. The lowest BCUT2D eigenvalue weighted by atomic mass is 9.98. The Morgan fingerprint density at radius 2 is 1.86 bits per heavy atom. The molecular formula is C18H30N2O. The summed E-state index contributed by atoms with van der Waals surface area (Å²) in [6.45, 7) is 11.2. The molecule has 3 heteroatoms. The molecule has 0 aliphatic carbocycles. The van der Waals surface area contributed by atoms with Crippen molar-refractivity contribution >= 4 is 0 Å². The van der Waals surface area contributed by atoms with E-state index < -0.39 is 0 Å². The van der Waals surface area contributed by atoms with Crippen molar-refractivity contribution in [3.8, 4) is 5.75 Å². The van der Waals surface area contributed by atoms with E-state index in [1.165, 1.54) is 31.7 Å². The Labute approximate surface area is 129 Å². The second kappa shape index (κ2) is 8.40. The van der Waals surface area contributed by atoms with Gasteiger partial charge in [-0.25, -0.2) is 0 Å². The molecule has 21 heavy (non-hydrogen) atoms. The van der Waals surface area contributed by atoms with Crippen molar-refractivity contribution in [3.05, 3.63) is 29.8 Å². The van der Waals surface area contributed by atoms with Gasteiger partial charge in [0.25, 0.3) is 0 Å². The van der Waals surface area contributed by atoms with Gasteiger partial charge in [0.15, 0.2) is 0 Å². The van der Waals surface area contributed by atoms with E-state index in [4.69, 9.17) is 4.74 Å². The lowest BCUT2D eigenvalue weighted by Crippen LogP contribution is -2.44. The number of hydrogen-bond acceptors (Lipinski definition) is 3. The van der Waals surface area contributed by atoms with E-state index in [9.17, 15) is 0 Å². The summed E-state index contributed by atoms with van der Waals surface area (Å²) in [6.07, 6.45) is 2.26. The summed E-state index contributed by atoms with van der Waals surface area (Å²) in [5.41, 5.74) is 1.35. The molecule has 1 aromatic rings. The number of likely N-dealkylation sites (N-methyl/N-ethyl adjacent to an activating group) is 1. The van der Waals surface area contributed by atoms with E-state index in [1.807, 2.05) is 0 Å². The topological polar surface area (TPSA) is 15.7 Å². The van der Waals surface area contributed by atoms with Crippen molar-refractivity contribution < 1.29 is 4.74 Å². The van der Waals surface area contributed by atoms with Crippen molar-refractivity contribution in [2.75, 3.05) is 46.4 Å². The lowest BCUT2D eigenvalue weighted by Gasteiger charge is -2.32. The third-order valence-electron chi connectivity index (χ3n) is 4.53. The predicted molar refractivity (Wildman–Crippen MR) is 89.2 cm³/mol. The molecule has 0 radical (unpaired) electrons. The Morgan fingerprint density at radius 1 is 1.14 bits per heavy atom. The molecule has 0 unspecified atom stereocenters. The first-order chi connectivity index (χ1) is 10.2. The molecule has 1 saturated heterocycles. The Balaban J connectivity index is 1.73. The van der Waals surface area contributed by atoms with Crippen LogP contribution in [0, 0.1) is 0 Å². The van der Waals surface area contributed by atoms with Crippen LogP contribution in [-0.2, 0) is 0 Å². The van der Waals surface area contributed by atoms with Gasteiger partial charge in [-0.2, -0.15) is 0 Å². The van der Waals surface area contributed by atoms with E-state index in [2.05, 4.69) is 55.0 Å². The van der Waals surface area contributed by atoms with Crippen LogP contribution in [0.3, 0.4) is 0 Å². The van der Waals surface area contributed by atoms with E-state index in [0.717, 1.165) is 31.7 Å². The average molecular weight is 290 g/mol. The van der Waals surface area contributed by atoms with Crippen molar-refractivity contribution in [1.82, 2.24) is 9.80 Å². The van der Waals surface area contributed by atoms with Crippen LogP contribution in [0.2, 0.25) is 0 Å². The van der Waals surface area contributed by atoms with Crippen molar-refractivity contribution in [3.63, 3.8) is 0 Å². The summed E-state index contributed by atoms with van der Waals surface area (Å²) in [5.74, 6) is 1.64. The third kappa shape index (κ3) is 5.01. The van der Waals surface area contributed by atoms with Gasteiger partial charge in [-0.1, -0.05) is 32.0 Å². The molecule has 1 fully saturated rings. The van der Waals surface area contributed by atoms with Crippen molar-refractivity contribution in [2.24, 2.45) is 0 Å². The quantitative estimate of drug-likeness (QED) is 0.717. The number of hydrogen-bond donors (Lipinski definition) is 0. The van der Waals surface area contributed by atoms with Gasteiger partial charge in [0.05, 0.1) is 6.61 Å². The van der Waals surface area contributed by atoms with Crippen LogP contribution in [0.25, 0.3) is 0 Å². The SMILES string of the molecule is CC[C@H](C)c1ccccc1OCCCN1CCN(C)CC1. The maximum absolute atomic E-state index is 6.04. The van der Waals surface area contributed by atoms with Crippen LogP contribution in [0.5, 0.6) is 5.75 Å². The molecule has 0 amide bonds. The molecule has 0 spiro atoms. The van der Waals surface area contributed by atoms with Gasteiger partial charge in [-0.05, 0) is 37.4 Å². The van der Waals surface area contributed by atoms with Crippen LogP contribution in [0.15, 0.2) is 24.3 Å². The summed E-state index contributed by atoms with van der Waals surface area (Å²) >= 11 is 0. The van der Waals surface area contributed by atoms with Gasteiger partial charge >= 0.3 is 0 Å². The zero-order chi connectivity index (χ0) is 15.1. The smallest absolute Gasteiger partial charge is 0.122 e. The highest BCUT2D eigenvalue weighted by Gasteiger charge is 2.13. The van der Waals surface area contributed by atoms with Gasteiger partial charge in [-0.3, -0.25) is 0 Å². The minimum atomic E-state index is 0.568. The first-order valence-electron chi connectivity index (χ1n) is 8.33. The molecule has 3 nitrogen and oxygen atoms in total. The molecule has 2 rings (SSSR count). The summed E-state index contributed by atoms with van der Waals surface area (Å²) in [6, 6.07) is 8.49. The fourth-order valence-electron chi connectivity index (χ4n) is 2.78. The molecule has 0 aromatic heterocycles. The molecule has 1 aromatic carbocycles. The first kappa shape index (κ1) is 16.3. The second-order valence-corrected chi connectivity index (χ2v) is 6.19. The van der Waals surface area contributed by atoms with E-state index in [1.54, 1.807) is 0 Å². The van der Waals surface area contributed by atoms with Crippen LogP contribution in [0.1, 0.15) is 38.2 Å². The Bertz CT molecular complexity index is 413. The van der Waals surface area contributed by atoms with Gasteiger partial charge < -0.3 is 14.5 Å². The van der Waals surface area contributed by atoms with Gasteiger partial charge in [0.2, 0.25) is 0 Å². The number of piperazine rings is 1. The second-order valence-electron chi connectivity index (χ2n) is 6.19. The Morgan fingerprint density at radius 3 is 2.57 bits per heavy atom. The maximum atomic E-state index is 6.04. The zero-order valence-electron chi connectivity index (χ0n) is 13.8. The number of nitrogens with zero attached hydrogens (tertiary/aromatic N) is 2. The minimum absolute atomic E-state index is 0.568. The van der Waals surface area contributed by atoms with Gasteiger partial charge in [0, 0.05) is 32.7 Å². The zero-order valence-corrected chi connectivity index (χ0v) is 13.8. The van der Waals surface area contributed by atoms with Gasteiger partial charge in [-0.15, -0.1) is 0 Å². The maximum Gasteiger partial charge on any atom is 0.122 e. The summed E-state index contributed by atoms with van der Waals surface area (Å²) in [5, 5.41) is 0. The van der Waals surface area contributed by atoms with Crippen molar-refractivity contribution in [1.29, 1.82) is 0 Å². The molecule has 118 valence electrons. The standard InChI is InChI=1S/C18H30N2O/c1-4-16(2)17-8-5-6-9-18(17)21-15-7-10-20-13-11-19(3)12-14-20/h5-6,8-9,16H,4,7,10-15H2,1-3H3/t16-/m0/s1. The molecule has 1 aliphatic rings. The number of benzene rings is 1. The predicted octanol–water partition coefficient (Wildman–Crippen LogP) is 3.22. The third-order valence-corrected chi connectivity index (χ3v) is 4.53. The van der Waals surface area contributed by atoms with Crippen LogP contribution in [-0.4, -0.2) is 56.2 Å². The summed E-state index contributed by atoms with van der Waals surface area (Å²) < 4.78 is 6.04. The Hall–Kier alpha value is -1.06. The van der Waals surface area contributed by atoms with E-state index >= 15 is 0 Å². The van der Waals surface area contributed by atoms with Crippen LogP contribution < -0.4 is 4.74 Å². The lowest BCUT2D eigenvalue weighted by molar-refractivity contribution is 0.145. The fraction of sp³-hybridized carbons (Fsp3) is 0.667. The highest BCUT2D eigenvalue weighted by Crippen LogP contribution is 2.28. The highest BCUT2D eigenvalue weighted by molar-refractivity contribution is 5.35.